The van der Waals surface area contributed by atoms with Gasteiger partial charge in [-0.2, -0.15) is 4.98 Å². The summed E-state index contributed by atoms with van der Waals surface area (Å²) in [5.41, 5.74) is 1.89. The van der Waals surface area contributed by atoms with E-state index in [1.807, 2.05) is 79.1 Å². The second kappa shape index (κ2) is 9.80. The van der Waals surface area contributed by atoms with E-state index in [1.165, 1.54) is 11.8 Å². The van der Waals surface area contributed by atoms with Crippen molar-refractivity contribution in [1.82, 2.24) is 30.2 Å². The van der Waals surface area contributed by atoms with E-state index in [2.05, 4.69) is 25.7 Å². The molecule has 9 heteroatoms. The van der Waals surface area contributed by atoms with Gasteiger partial charge in [-0.05, 0) is 30.9 Å². The molecule has 0 bridgehead atoms. The predicted octanol–water partition coefficient (Wildman–Crippen LogP) is 4.80. The Balaban J connectivity index is 1.33. The average molecular weight is 475 g/mol. The summed E-state index contributed by atoms with van der Waals surface area (Å²) >= 11 is 1.35. The van der Waals surface area contributed by atoms with Gasteiger partial charge in [0, 0.05) is 17.2 Å². The van der Waals surface area contributed by atoms with E-state index in [-0.39, 0.29) is 23.6 Å². The normalized spacial score (nSPS) is 14.3. The number of carbonyl (C=O) groups excluding carboxylic acids is 1. The van der Waals surface area contributed by atoms with Gasteiger partial charge in [-0.25, -0.2) is 0 Å². The highest BCUT2D eigenvalue weighted by Gasteiger charge is 2.31. The van der Waals surface area contributed by atoms with Crippen LogP contribution in [-0.2, 0) is 4.79 Å². The molecule has 2 aromatic heterocycles. The van der Waals surface area contributed by atoms with Crippen LogP contribution >= 0.6 is 11.8 Å². The van der Waals surface area contributed by atoms with Crippen molar-refractivity contribution in [3.63, 3.8) is 0 Å². The second-order valence-corrected chi connectivity index (χ2v) is 9.63. The van der Waals surface area contributed by atoms with E-state index in [0.717, 1.165) is 35.7 Å². The Kier molecular flexibility index (Phi) is 6.44. The first-order valence-corrected chi connectivity index (χ1v) is 12.4. The lowest BCUT2D eigenvalue weighted by Crippen LogP contribution is -2.33. The van der Waals surface area contributed by atoms with Crippen molar-refractivity contribution < 1.29 is 9.32 Å². The summed E-state index contributed by atoms with van der Waals surface area (Å²) in [4.78, 5) is 17.4. The summed E-state index contributed by atoms with van der Waals surface area (Å²) in [5, 5.41) is 16.6. The Morgan fingerprint density at radius 1 is 1.09 bits per heavy atom. The van der Waals surface area contributed by atoms with E-state index < -0.39 is 0 Å². The highest BCUT2D eigenvalue weighted by atomic mass is 32.2. The minimum Gasteiger partial charge on any atom is -0.343 e. The van der Waals surface area contributed by atoms with Gasteiger partial charge in [0.15, 0.2) is 16.8 Å². The molecule has 5 rings (SSSR count). The van der Waals surface area contributed by atoms with Crippen molar-refractivity contribution >= 4 is 17.7 Å². The van der Waals surface area contributed by atoms with Crippen LogP contribution in [0.2, 0.25) is 0 Å². The molecule has 1 saturated carbocycles. The van der Waals surface area contributed by atoms with Gasteiger partial charge in [0.25, 0.3) is 0 Å². The van der Waals surface area contributed by atoms with Crippen LogP contribution in [0.4, 0.5) is 0 Å². The number of benzene rings is 2. The van der Waals surface area contributed by atoms with E-state index in [4.69, 9.17) is 4.52 Å². The maximum absolute atomic E-state index is 12.9. The Morgan fingerprint density at radius 3 is 2.47 bits per heavy atom. The first-order chi connectivity index (χ1) is 16.6. The molecule has 1 aliphatic rings. The van der Waals surface area contributed by atoms with Crippen molar-refractivity contribution in [2.24, 2.45) is 5.92 Å². The zero-order valence-electron chi connectivity index (χ0n) is 19.1. The third-order valence-electron chi connectivity index (χ3n) is 5.66. The number of hydrogen-bond donors (Lipinski definition) is 1. The topological polar surface area (TPSA) is 98.7 Å². The van der Waals surface area contributed by atoms with Gasteiger partial charge in [0.1, 0.15) is 6.04 Å². The van der Waals surface area contributed by atoms with E-state index in [1.54, 1.807) is 0 Å². The standard InChI is InChI=1S/C25H26N6O2S/c1-16(2)21(24-27-22(30-33-24)17-13-14-17)26-20(32)15-34-25-29-28-23(18-9-5-3-6-10-18)31(25)19-11-7-4-8-12-19/h3-12,16-17,21H,13-15H2,1-2H3,(H,26,32). The predicted molar refractivity (Wildman–Crippen MR) is 130 cm³/mol. The molecule has 1 atom stereocenters. The Labute approximate surface area is 202 Å². The Bertz CT molecular complexity index is 1250. The first-order valence-electron chi connectivity index (χ1n) is 11.4. The molecule has 0 spiro atoms. The summed E-state index contributed by atoms with van der Waals surface area (Å²) in [7, 11) is 0. The maximum atomic E-state index is 12.9. The fourth-order valence-electron chi connectivity index (χ4n) is 3.69. The molecule has 174 valence electrons. The molecule has 4 aromatic rings. The van der Waals surface area contributed by atoms with Crippen molar-refractivity contribution in [3.8, 4) is 17.1 Å². The lowest BCUT2D eigenvalue weighted by molar-refractivity contribution is -0.119. The van der Waals surface area contributed by atoms with Crippen LogP contribution in [0.1, 0.15) is 50.4 Å². The molecular weight excluding hydrogens is 448 g/mol. The number of amides is 1. The molecule has 2 heterocycles. The van der Waals surface area contributed by atoms with Gasteiger partial charge in [-0.15, -0.1) is 10.2 Å². The van der Waals surface area contributed by atoms with Gasteiger partial charge in [-0.3, -0.25) is 9.36 Å². The number of thioether (sulfide) groups is 1. The molecule has 34 heavy (non-hydrogen) atoms. The lowest BCUT2D eigenvalue weighted by atomic mass is 10.0. The monoisotopic (exact) mass is 474 g/mol. The van der Waals surface area contributed by atoms with Crippen LogP contribution < -0.4 is 5.32 Å². The summed E-state index contributed by atoms with van der Waals surface area (Å²) in [6.45, 7) is 4.05. The SMILES string of the molecule is CC(C)C(NC(=O)CSc1nnc(-c2ccccc2)n1-c1ccccc1)c1nc(C2CC2)no1. The number of aromatic nitrogens is 5. The summed E-state index contributed by atoms with van der Waals surface area (Å²) in [6, 6.07) is 19.5. The number of carbonyl (C=O) groups is 1. The molecule has 1 N–H and O–H groups in total. The Morgan fingerprint density at radius 2 is 1.79 bits per heavy atom. The summed E-state index contributed by atoms with van der Waals surface area (Å²) in [5.74, 6) is 2.51. The molecule has 1 amide bonds. The largest absolute Gasteiger partial charge is 0.343 e. The fourth-order valence-corrected chi connectivity index (χ4v) is 4.45. The Hall–Kier alpha value is -3.46. The van der Waals surface area contributed by atoms with E-state index in [0.29, 0.717) is 17.0 Å². The summed E-state index contributed by atoms with van der Waals surface area (Å²) < 4.78 is 7.45. The number of hydrogen-bond acceptors (Lipinski definition) is 7. The molecule has 2 aromatic carbocycles. The van der Waals surface area contributed by atoms with Crippen molar-refractivity contribution in [3.05, 3.63) is 72.4 Å². The fraction of sp³-hybridized carbons (Fsp3) is 0.320. The van der Waals surface area contributed by atoms with Crippen LogP contribution in [0.15, 0.2) is 70.3 Å². The van der Waals surface area contributed by atoms with Gasteiger partial charge >= 0.3 is 0 Å². The minimum absolute atomic E-state index is 0.110. The molecular formula is C25H26N6O2S. The summed E-state index contributed by atoms with van der Waals surface area (Å²) in [6.07, 6.45) is 2.20. The smallest absolute Gasteiger partial charge is 0.249 e. The number of rotatable bonds is 9. The molecule has 1 aliphatic carbocycles. The average Bonchev–Trinajstić information content (AvgIpc) is 3.44. The van der Waals surface area contributed by atoms with Crippen molar-refractivity contribution in [2.75, 3.05) is 5.75 Å². The van der Waals surface area contributed by atoms with Crippen LogP contribution in [0.3, 0.4) is 0 Å². The van der Waals surface area contributed by atoms with E-state index >= 15 is 0 Å². The molecule has 1 unspecified atom stereocenters. The number of nitrogens with zero attached hydrogens (tertiary/aromatic N) is 5. The quantitative estimate of drug-likeness (QED) is 0.348. The van der Waals surface area contributed by atoms with Gasteiger partial charge in [0.05, 0.1) is 5.75 Å². The van der Waals surface area contributed by atoms with Crippen molar-refractivity contribution in [1.29, 1.82) is 0 Å². The van der Waals surface area contributed by atoms with Crippen LogP contribution in [0.5, 0.6) is 0 Å². The van der Waals surface area contributed by atoms with Crippen LogP contribution in [0, 0.1) is 5.92 Å². The molecule has 0 aliphatic heterocycles. The van der Waals surface area contributed by atoms with Gasteiger partial charge < -0.3 is 9.84 Å². The maximum Gasteiger partial charge on any atom is 0.249 e. The first kappa shape index (κ1) is 22.3. The van der Waals surface area contributed by atoms with Crippen molar-refractivity contribution in [2.45, 2.75) is 43.8 Å². The van der Waals surface area contributed by atoms with Crippen LogP contribution in [0.25, 0.3) is 17.1 Å². The second-order valence-electron chi connectivity index (χ2n) is 8.69. The molecule has 0 saturated heterocycles. The molecule has 8 nitrogen and oxygen atoms in total. The molecule has 0 radical (unpaired) electrons. The number of para-hydroxylation sites is 1. The third-order valence-corrected chi connectivity index (χ3v) is 6.59. The zero-order chi connectivity index (χ0) is 23.5. The highest BCUT2D eigenvalue weighted by molar-refractivity contribution is 7.99. The lowest BCUT2D eigenvalue weighted by Gasteiger charge is -2.18. The third kappa shape index (κ3) is 4.89. The van der Waals surface area contributed by atoms with Gasteiger partial charge in [0.2, 0.25) is 11.8 Å². The highest BCUT2D eigenvalue weighted by Crippen LogP contribution is 2.38. The van der Waals surface area contributed by atoms with E-state index in [9.17, 15) is 4.79 Å². The number of nitrogens with one attached hydrogen (secondary N) is 1. The van der Waals surface area contributed by atoms with Gasteiger partial charge in [-0.1, -0.05) is 79.3 Å². The minimum atomic E-state index is -0.333. The zero-order valence-corrected chi connectivity index (χ0v) is 19.9. The van der Waals surface area contributed by atoms with Crippen LogP contribution in [-0.4, -0.2) is 36.6 Å². The molecule has 1 fully saturated rings.